The van der Waals surface area contributed by atoms with Crippen LogP contribution in [0.4, 0.5) is 11.8 Å². The van der Waals surface area contributed by atoms with Gasteiger partial charge in [-0.3, -0.25) is 0 Å². The molecule has 0 aliphatic carbocycles. The largest absolute Gasteiger partial charge is 0.497 e. The maximum Gasteiger partial charge on any atom is 0.224 e. The molecule has 124 valence electrons. The molecule has 23 heavy (non-hydrogen) atoms. The van der Waals surface area contributed by atoms with Crippen LogP contribution in [-0.2, 0) is 0 Å². The molecule has 2 N–H and O–H groups in total. The predicted octanol–water partition coefficient (Wildman–Crippen LogP) is 3.04. The Morgan fingerprint density at radius 2 is 1.78 bits per heavy atom. The summed E-state index contributed by atoms with van der Waals surface area (Å²) in [5, 5.41) is 6.43. The van der Waals surface area contributed by atoms with Crippen molar-refractivity contribution >= 4 is 11.8 Å². The van der Waals surface area contributed by atoms with Gasteiger partial charge in [-0.05, 0) is 36.2 Å². The number of rotatable bonds is 9. The van der Waals surface area contributed by atoms with Crippen molar-refractivity contribution < 1.29 is 9.47 Å². The Morgan fingerprint density at radius 3 is 2.48 bits per heavy atom. The summed E-state index contributed by atoms with van der Waals surface area (Å²) in [6.45, 7) is 6.35. The van der Waals surface area contributed by atoms with Gasteiger partial charge in [0.05, 0.1) is 13.7 Å². The molecular formula is C17H24N4O2. The van der Waals surface area contributed by atoms with Crippen LogP contribution >= 0.6 is 0 Å². The molecule has 0 atom stereocenters. The molecule has 2 aromatic rings. The highest BCUT2D eigenvalue weighted by Gasteiger charge is 2.00. The molecule has 0 saturated carbocycles. The average Bonchev–Trinajstić information content (AvgIpc) is 2.58. The van der Waals surface area contributed by atoms with E-state index in [0.29, 0.717) is 25.0 Å². The topological polar surface area (TPSA) is 68.3 Å². The van der Waals surface area contributed by atoms with Crippen LogP contribution in [0.5, 0.6) is 11.5 Å². The summed E-state index contributed by atoms with van der Waals surface area (Å²) in [6.07, 6.45) is 1.74. The van der Waals surface area contributed by atoms with Gasteiger partial charge >= 0.3 is 0 Å². The van der Waals surface area contributed by atoms with Crippen molar-refractivity contribution in [3.63, 3.8) is 0 Å². The summed E-state index contributed by atoms with van der Waals surface area (Å²) in [6, 6.07) is 9.37. The molecule has 0 fully saturated rings. The first-order valence-corrected chi connectivity index (χ1v) is 7.75. The lowest BCUT2D eigenvalue weighted by Gasteiger charge is -2.10. The standard InChI is InChI=1S/C17H24N4O2/c1-13(2)12-20-16-8-9-18-17(21-16)19-10-11-23-15-6-4-14(22-3)5-7-15/h4-9,13H,10-12H2,1-3H3,(H2,18,19,20,21). The maximum absolute atomic E-state index is 5.65. The Hall–Kier alpha value is -2.50. The molecule has 0 saturated heterocycles. The Bertz CT molecular complexity index is 587. The van der Waals surface area contributed by atoms with Crippen molar-refractivity contribution in [3.05, 3.63) is 36.5 Å². The number of ether oxygens (including phenoxy) is 2. The number of anilines is 2. The molecule has 1 aromatic carbocycles. The van der Waals surface area contributed by atoms with Gasteiger partial charge in [-0.2, -0.15) is 4.98 Å². The SMILES string of the molecule is COc1ccc(OCCNc2nccc(NCC(C)C)n2)cc1. The zero-order chi connectivity index (χ0) is 16.5. The van der Waals surface area contributed by atoms with Crippen LogP contribution in [0.25, 0.3) is 0 Å². The van der Waals surface area contributed by atoms with E-state index in [1.54, 1.807) is 13.3 Å². The van der Waals surface area contributed by atoms with Crippen LogP contribution in [0, 0.1) is 5.92 Å². The minimum atomic E-state index is 0.527. The van der Waals surface area contributed by atoms with Gasteiger partial charge in [-0.15, -0.1) is 0 Å². The Kier molecular flexibility index (Phi) is 6.47. The van der Waals surface area contributed by atoms with Crippen LogP contribution < -0.4 is 20.1 Å². The van der Waals surface area contributed by atoms with E-state index >= 15 is 0 Å². The van der Waals surface area contributed by atoms with E-state index in [-0.39, 0.29) is 0 Å². The molecule has 0 spiro atoms. The van der Waals surface area contributed by atoms with Gasteiger partial charge in [0.1, 0.15) is 23.9 Å². The number of aromatic nitrogens is 2. The van der Waals surface area contributed by atoms with Gasteiger partial charge in [-0.1, -0.05) is 13.8 Å². The van der Waals surface area contributed by atoms with Crippen LogP contribution in [-0.4, -0.2) is 36.8 Å². The monoisotopic (exact) mass is 316 g/mol. The third-order valence-corrected chi connectivity index (χ3v) is 3.06. The lowest BCUT2D eigenvalue weighted by molar-refractivity contribution is 0.331. The van der Waals surface area contributed by atoms with Gasteiger partial charge < -0.3 is 20.1 Å². The van der Waals surface area contributed by atoms with E-state index in [9.17, 15) is 0 Å². The second kappa shape index (κ2) is 8.82. The normalized spacial score (nSPS) is 10.4. The molecule has 2 rings (SSSR count). The predicted molar refractivity (Wildman–Crippen MR) is 92.3 cm³/mol. The second-order valence-corrected chi connectivity index (χ2v) is 5.49. The lowest BCUT2D eigenvalue weighted by Crippen LogP contribution is -2.14. The van der Waals surface area contributed by atoms with Crippen LogP contribution in [0.3, 0.4) is 0 Å². The van der Waals surface area contributed by atoms with Gasteiger partial charge in [0, 0.05) is 12.7 Å². The summed E-state index contributed by atoms with van der Waals surface area (Å²) in [7, 11) is 1.64. The van der Waals surface area contributed by atoms with E-state index in [1.165, 1.54) is 0 Å². The highest BCUT2D eigenvalue weighted by atomic mass is 16.5. The molecule has 6 nitrogen and oxygen atoms in total. The summed E-state index contributed by atoms with van der Waals surface area (Å²) >= 11 is 0. The third-order valence-electron chi connectivity index (χ3n) is 3.06. The number of nitrogens with one attached hydrogen (secondary N) is 2. The van der Waals surface area contributed by atoms with Crippen molar-refractivity contribution in [2.24, 2.45) is 5.92 Å². The van der Waals surface area contributed by atoms with Crippen molar-refractivity contribution in [1.82, 2.24) is 9.97 Å². The molecule has 1 heterocycles. The number of hydrogen-bond acceptors (Lipinski definition) is 6. The second-order valence-electron chi connectivity index (χ2n) is 5.49. The first kappa shape index (κ1) is 16.9. The van der Waals surface area contributed by atoms with Gasteiger partial charge in [0.15, 0.2) is 0 Å². The minimum Gasteiger partial charge on any atom is -0.497 e. The molecule has 0 aliphatic heterocycles. The van der Waals surface area contributed by atoms with Gasteiger partial charge in [0.2, 0.25) is 5.95 Å². The van der Waals surface area contributed by atoms with Crippen molar-refractivity contribution in [1.29, 1.82) is 0 Å². The van der Waals surface area contributed by atoms with Gasteiger partial charge in [0.25, 0.3) is 0 Å². The maximum atomic E-state index is 5.65. The lowest BCUT2D eigenvalue weighted by atomic mass is 10.2. The molecule has 0 radical (unpaired) electrons. The Labute approximate surface area is 137 Å². The Balaban J connectivity index is 1.74. The molecule has 0 amide bonds. The first-order chi connectivity index (χ1) is 11.2. The average molecular weight is 316 g/mol. The molecule has 0 bridgehead atoms. The molecule has 0 unspecified atom stereocenters. The highest BCUT2D eigenvalue weighted by molar-refractivity contribution is 5.39. The van der Waals surface area contributed by atoms with E-state index < -0.39 is 0 Å². The summed E-state index contributed by atoms with van der Waals surface area (Å²) in [5.74, 6) is 3.61. The molecular weight excluding hydrogens is 292 g/mol. The molecule has 1 aromatic heterocycles. The van der Waals surface area contributed by atoms with E-state index in [0.717, 1.165) is 23.9 Å². The molecule has 6 heteroatoms. The van der Waals surface area contributed by atoms with Crippen molar-refractivity contribution in [2.45, 2.75) is 13.8 Å². The zero-order valence-electron chi connectivity index (χ0n) is 13.9. The number of nitrogens with zero attached hydrogens (tertiary/aromatic N) is 2. The van der Waals surface area contributed by atoms with Crippen LogP contribution in [0.15, 0.2) is 36.5 Å². The quantitative estimate of drug-likeness (QED) is 0.693. The van der Waals surface area contributed by atoms with Crippen molar-refractivity contribution in [2.75, 3.05) is 37.4 Å². The third kappa shape index (κ3) is 6.02. The van der Waals surface area contributed by atoms with E-state index in [2.05, 4.69) is 34.4 Å². The summed E-state index contributed by atoms with van der Waals surface area (Å²) in [5.41, 5.74) is 0. The fourth-order valence-corrected chi connectivity index (χ4v) is 1.85. The fraction of sp³-hybridized carbons (Fsp3) is 0.412. The molecule has 0 aliphatic rings. The highest BCUT2D eigenvalue weighted by Crippen LogP contribution is 2.16. The van der Waals surface area contributed by atoms with E-state index in [1.807, 2.05) is 30.3 Å². The van der Waals surface area contributed by atoms with Crippen LogP contribution in [0.2, 0.25) is 0 Å². The first-order valence-electron chi connectivity index (χ1n) is 7.75. The van der Waals surface area contributed by atoms with Gasteiger partial charge in [-0.25, -0.2) is 4.98 Å². The van der Waals surface area contributed by atoms with E-state index in [4.69, 9.17) is 9.47 Å². The summed E-state index contributed by atoms with van der Waals surface area (Å²) < 4.78 is 10.8. The smallest absolute Gasteiger partial charge is 0.224 e. The summed E-state index contributed by atoms with van der Waals surface area (Å²) in [4.78, 5) is 8.61. The number of hydrogen-bond donors (Lipinski definition) is 2. The fourth-order valence-electron chi connectivity index (χ4n) is 1.85. The number of methoxy groups -OCH3 is 1. The Morgan fingerprint density at radius 1 is 1.04 bits per heavy atom. The zero-order valence-corrected chi connectivity index (χ0v) is 13.9. The van der Waals surface area contributed by atoms with Crippen molar-refractivity contribution in [3.8, 4) is 11.5 Å². The number of benzene rings is 1. The minimum absolute atomic E-state index is 0.527. The van der Waals surface area contributed by atoms with Crippen LogP contribution in [0.1, 0.15) is 13.8 Å².